The van der Waals surface area contributed by atoms with Crippen LogP contribution in [0, 0.1) is 27.4 Å². The standard InChI is InChI=1S/C10H11BrN4O2/c1-7(4-12)6-14(2)10-9(11)3-8(5-13-10)15(16)17/h3,5,7H,6H2,1-2H3. The zero-order valence-corrected chi connectivity index (χ0v) is 11.0. The van der Waals surface area contributed by atoms with Crippen molar-refractivity contribution < 1.29 is 4.92 Å². The van der Waals surface area contributed by atoms with Gasteiger partial charge in [0.1, 0.15) is 12.0 Å². The third-order valence-electron chi connectivity index (χ3n) is 2.15. The quantitative estimate of drug-likeness (QED) is 0.629. The van der Waals surface area contributed by atoms with Crippen LogP contribution in [0.15, 0.2) is 16.7 Å². The number of aromatic nitrogens is 1. The Labute approximate surface area is 107 Å². The molecule has 1 aromatic rings. The number of pyridine rings is 1. The molecule has 0 aliphatic carbocycles. The highest BCUT2D eigenvalue weighted by atomic mass is 79.9. The predicted octanol–water partition coefficient (Wildman–Crippen LogP) is 2.35. The van der Waals surface area contributed by atoms with Gasteiger partial charge >= 0.3 is 0 Å². The highest BCUT2D eigenvalue weighted by Crippen LogP contribution is 2.27. The maximum Gasteiger partial charge on any atom is 0.288 e. The van der Waals surface area contributed by atoms with Crippen LogP contribution in [0.2, 0.25) is 0 Å². The van der Waals surface area contributed by atoms with E-state index in [2.05, 4.69) is 27.0 Å². The first kappa shape index (κ1) is 13.4. The molecule has 0 fully saturated rings. The maximum atomic E-state index is 10.5. The number of hydrogen-bond acceptors (Lipinski definition) is 5. The Balaban J connectivity index is 2.93. The molecule has 1 aromatic heterocycles. The summed E-state index contributed by atoms with van der Waals surface area (Å²) in [6, 6.07) is 3.52. The van der Waals surface area contributed by atoms with E-state index in [0.29, 0.717) is 16.8 Å². The normalized spacial score (nSPS) is 11.6. The lowest BCUT2D eigenvalue weighted by molar-refractivity contribution is -0.385. The summed E-state index contributed by atoms with van der Waals surface area (Å²) in [5.74, 6) is 0.446. The van der Waals surface area contributed by atoms with Crippen molar-refractivity contribution in [3.63, 3.8) is 0 Å². The van der Waals surface area contributed by atoms with Gasteiger partial charge in [-0.25, -0.2) is 4.98 Å². The monoisotopic (exact) mass is 298 g/mol. The number of nitriles is 1. The molecule has 0 saturated heterocycles. The molecular weight excluding hydrogens is 288 g/mol. The van der Waals surface area contributed by atoms with E-state index in [0.717, 1.165) is 0 Å². The van der Waals surface area contributed by atoms with Crippen molar-refractivity contribution in [3.8, 4) is 6.07 Å². The smallest absolute Gasteiger partial charge is 0.288 e. The minimum Gasteiger partial charge on any atom is -0.357 e. The van der Waals surface area contributed by atoms with Gasteiger partial charge in [0.25, 0.3) is 5.69 Å². The second-order valence-electron chi connectivity index (χ2n) is 3.67. The second-order valence-corrected chi connectivity index (χ2v) is 4.52. The van der Waals surface area contributed by atoms with E-state index in [1.54, 1.807) is 18.9 Å². The molecule has 0 N–H and O–H groups in total. The van der Waals surface area contributed by atoms with Crippen molar-refractivity contribution >= 4 is 27.4 Å². The first-order valence-corrected chi connectivity index (χ1v) is 5.65. The number of anilines is 1. The molecule has 0 amide bonds. The summed E-state index contributed by atoms with van der Waals surface area (Å²) in [5, 5.41) is 19.3. The highest BCUT2D eigenvalue weighted by Gasteiger charge is 2.14. The van der Waals surface area contributed by atoms with Gasteiger partial charge in [-0.2, -0.15) is 5.26 Å². The van der Waals surface area contributed by atoms with Crippen LogP contribution in [-0.4, -0.2) is 23.5 Å². The second kappa shape index (κ2) is 5.59. The molecular formula is C10H11BrN4O2. The van der Waals surface area contributed by atoms with Crippen LogP contribution in [0.25, 0.3) is 0 Å². The summed E-state index contributed by atoms with van der Waals surface area (Å²) in [6.45, 7) is 2.32. The topological polar surface area (TPSA) is 83.1 Å². The van der Waals surface area contributed by atoms with Crippen LogP contribution in [-0.2, 0) is 0 Å². The molecule has 6 nitrogen and oxygen atoms in total. The Morgan fingerprint density at radius 1 is 1.76 bits per heavy atom. The molecule has 1 atom stereocenters. The van der Waals surface area contributed by atoms with Crippen LogP contribution in [0.4, 0.5) is 11.5 Å². The SMILES string of the molecule is CC(C#N)CN(C)c1ncc([N+](=O)[O-])cc1Br. The Bertz CT molecular complexity index is 472. The summed E-state index contributed by atoms with van der Waals surface area (Å²) in [7, 11) is 1.78. The van der Waals surface area contributed by atoms with E-state index in [9.17, 15) is 10.1 Å². The molecule has 0 spiro atoms. The fraction of sp³-hybridized carbons (Fsp3) is 0.400. The number of halogens is 1. The molecule has 0 aliphatic rings. The van der Waals surface area contributed by atoms with Gasteiger partial charge in [0.15, 0.2) is 0 Å². The Kier molecular flexibility index (Phi) is 4.40. The van der Waals surface area contributed by atoms with Crippen molar-refractivity contribution in [1.29, 1.82) is 5.26 Å². The third kappa shape index (κ3) is 3.39. The van der Waals surface area contributed by atoms with E-state index in [1.807, 2.05) is 0 Å². The van der Waals surface area contributed by atoms with Crippen LogP contribution in [0.1, 0.15) is 6.92 Å². The molecule has 90 valence electrons. The van der Waals surface area contributed by atoms with E-state index < -0.39 is 4.92 Å². The summed E-state index contributed by atoms with van der Waals surface area (Å²) in [5.41, 5.74) is -0.0673. The zero-order chi connectivity index (χ0) is 13.0. The van der Waals surface area contributed by atoms with Crippen molar-refractivity contribution in [2.24, 2.45) is 5.92 Å². The average Bonchev–Trinajstić information content (AvgIpc) is 2.28. The lowest BCUT2D eigenvalue weighted by Gasteiger charge is -2.20. The number of nitro groups is 1. The Hall–Kier alpha value is -1.68. The summed E-state index contributed by atoms with van der Waals surface area (Å²) in [4.78, 5) is 15.8. The number of hydrogen-bond donors (Lipinski definition) is 0. The van der Waals surface area contributed by atoms with Crippen LogP contribution < -0.4 is 4.90 Å². The largest absolute Gasteiger partial charge is 0.357 e. The lowest BCUT2D eigenvalue weighted by atomic mass is 10.2. The van der Waals surface area contributed by atoms with Crippen LogP contribution in [0.5, 0.6) is 0 Å². The molecule has 17 heavy (non-hydrogen) atoms. The van der Waals surface area contributed by atoms with Gasteiger partial charge in [-0.05, 0) is 22.9 Å². The maximum absolute atomic E-state index is 10.5. The van der Waals surface area contributed by atoms with Crippen molar-refractivity contribution in [2.45, 2.75) is 6.92 Å². The summed E-state index contributed by atoms with van der Waals surface area (Å²) < 4.78 is 0.541. The lowest BCUT2D eigenvalue weighted by Crippen LogP contribution is -2.24. The van der Waals surface area contributed by atoms with Crippen LogP contribution >= 0.6 is 15.9 Å². The Morgan fingerprint density at radius 3 is 2.88 bits per heavy atom. The van der Waals surface area contributed by atoms with Gasteiger partial charge in [0, 0.05) is 19.7 Å². The van der Waals surface area contributed by atoms with Crippen LogP contribution in [0.3, 0.4) is 0 Å². The van der Waals surface area contributed by atoms with Gasteiger partial charge in [-0.1, -0.05) is 0 Å². The van der Waals surface area contributed by atoms with Gasteiger partial charge in [-0.3, -0.25) is 10.1 Å². The third-order valence-corrected chi connectivity index (χ3v) is 2.73. The van der Waals surface area contributed by atoms with E-state index >= 15 is 0 Å². The number of rotatable bonds is 4. The van der Waals surface area contributed by atoms with E-state index in [-0.39, 0.29) is 11.6 Å². The summed E-state index contributed by atoms with van der Waals surface area (Å²) >= 11 is 3.24. The first-order valence-electron chi connectivity index (χ1n) is 4.86. The van der Waals surface area contributed by atoms with Crippen molar-refractivity contribution in [3.05, 3.63) is 26.9 Å². The van der Waals surface area contributed by atoms with Gasteiger partial charge in [-0.15, -0.1) is 0 Å². The fourth-order valence-electron chi connectivity index (χ4n) is 1.34. The van der Waals surface area contributed by atoms with Gasteiger partial charge in [0.05, 0.1) is 21.4 Å². The Morgan fingerprint density at radius 2 is 2.41 bits per heavy atom. The predicted molar refractivity (Wildman–Crippen MR) is 66.6 cm³/mol. The first-order chi connectivity index (χ1) is 7.95. The minimum atomic E-state index is -0.501. The van der Waals surface area contributed by atoms with E-state index in [4.69, 9.17) is 5.26 Å². The molecule has 1 heterocycles. The van der Waals surface area contributed by atoms with Gasteiger partial charge in [0.2, 0.25) is 0 Å². The molecule has 7 heteroatoms. The highest BCUT2D eigenvalue weighted by molar-refractivity contribution is 9.10. The molecule has 0 saturated carbocycles. The minimum absolute atomic E-state index is 0.0673. The molecule has 1 unspecified atom stereocenters. The number of nitrogens with zero attached hydrogens (tertiary/aromatic N) is 4. The average molecular weight is 299 g/mol. The summed E-state index contributed by atoms with van der Waals surface area (Å²) in [6.07, 6.45) is 1.20. The molecule has 0 radical (unpaired) electrons. The molecule has 0 aromatic carbocycles. The van der Waals surface area contributed by atoms with Crippen molar-refractivity contribution in [1.82, 2.24) is 4.98 Å². The fourth-order valence-corrected chi connectivity index (χ4v) is 1.98. The molecule has 1 rings (SSSR count). The van der Waals surface area contributed by atoms with Gasteiger partial charge < -0.3 is 4.90 Å². The van der Waals surface area contributed by atoms with E-state index in [1.165, 1.54) is 12.3 Å². The molecule has 0 bridgehead atoms. The molecule has 0 aliphatic heterocycles. The van der Waals surface area contributed by atoms with Crippen molar-refractivity contribution in [2.75, 3.05) is 18.5 Å². The zero-order valence-electron chi connectivity index (χ0n) is 9.42.